The van der Waals surface area contributed by atoms with Gasteiger partial charge in [0, 0.05) is 12.8 Å². The summed E-state index contributed by atoms with van der Waals surface area (Å²) >= 11 is 0. The molecule has 0 N–H and O–H groups in total. The summed E-state index contributed by atoms with van der Waals surface area (Å²) in [4.78, 5) is 0. The van der Waals surface area contributed by atoms with Crippen molar-refractivity contribution in [2.75, 3.05) is 20.1 Å². The lowest BCUT2D eigenvalue weighted by Gasteiger charge is -2.47. The van der Waals surface area contributed by atoms with Crippen LogP contribution in [0.2, 0.25) is 45.8 Å². The molecule has 21 heavy (non-hydrogen) atoms. The minimum Gasteiger partial charge on any atom is -0.437 e. The van der Waals surface area contributed by atoms with Crippen LogP contribution in [0.3, 0.4) is 0 Å². The average Bonchev–Trinajstić information content (AvgIpc) is 2.59. The lowest BCUT2D eigenvalue weighted by Crippen LogP contribution is -2.66. The van der Waals surface area contributed by atoms with E-state index in [0.29, 0.717) is 5.67 Å². The van der Waals surface area contributed by atoms with E-state index in [4.69, 9.17) is 8.23 Å². The monoisotopic (exact) mass is 348 g/mol. The fourth-order valence-electron chi connectivity index (χ4n) is 4.51. The first kappa shape index (κ1) is 19.6. The molecule has 0 saturated carbocycles. The first-order valence-corrected chi connectivity index (χ1v) is 17.8. The molecule has 1 saturated heterocycles. The summed E-state index contributed by atoms with van der Waals surface area (Å²) in [5, 5.41) is 0. The Morgan fingerprint density at radius 3 is 1.76 bits per heavy atom. The maximum absolute atomic E-state index is 6.81. The number of hydrogen-bond donors (Lipinski definition) is 0. The zero-order valence-electron chi connectivity index (χ0n) is 15.9. The summed E-state index contributed by atoms with van der Waals surface area (Å²) in [5.74, 6) is 0. The molecular formula is C15H38NO2Si3+. The topological polar surface area (TPSA) is 18.5 Å². The van der Waals surface area contributed by atoms with Crippen molar-refractivity contribution in [3.8, 4) is 0 Å². The van der Waals surface area contributed by atoms with Gasteiger partial charge in [0.05, 0.1) is 20.1 Å². The molecule has 3 nitrogen and oxygen atoms in total. The lowest BCUT2D eigenvalue weighted by molar-refractivity contribution is -0.911. The van der Waals surface area contributed by atoms with Gasteiger partial charge < -0.3 is 12.7 Å². The summed E-state index contributed by atoms with van der Waals surface area (Å²) in [6.45, 7) is 21.1. The molecule has 0 aromatic rings. The molecule has 6 heteroatoms. The molecular weight excluding hydrogens is 310 g/mol. The molecule has 0 amide bonds. The van der Waals surface area contributed by atoms with Crippen LogP contribution in [0.25, 0.3) is 0 Å². The first-order valence-electron chi connectivity index (χ1n) is 8.56. The molecule has 0 spiro atoms. The second-order valence-electron chi connectivity index (χ2n) is 8.88. The molecule has 1 rings (SSSR count). The SMILES string of the molecule is CCC([N+]1(C)CCCC1)[Si](C)(C)O[Si](C)(C)O[Si](C)(C)C. The van der Waals surface area contributed by atoms with Gasteiger partial charge in [0.25, 0.3) is 0 Å². The van der Waals surface area contributed by atoms with Gasteiger partial charge in [-0.25, -0.2) is 0 Å². The van der Waals surface area contributed by atoms with Crippen molar-refractivity contribution in [3.63, 3.8) is 0 Å². The second kappa shape index (κ2) is 6.57. The quantitative estimate of drug-likeness (QED) is 0.504. The Morgan fingerprint density at radius 1 is 0.905 bits per heavy atom. The van der Waals surface area contributed by atoms with E-state index >= 15 is 0 Å². The van der Waals surface area contributed by atoms with Crippen molar-refractivity contribution in [2.24, 2.45) is 0 Å². The Kier molecular flexibility index (Phi) is 6.12. The van der Waals surface area contributed by atoms with Crippen LogP contribution in [0, 0.1) is 0 Å². The molecule has 1 fully saturated rings. The van der Waals surface area contributed by atoms with E-state index in [1.54, 1.807) is 0 Å². The Balaban J connectivity index is 2.87. The van der Waals surface area contributed by atoms with Gasteiger partial charge in [0.1, 0.15) is 5.67 Å². The minimum atomic E-state index is -2.02. The minimum absolute atomic E-state index is 0.692. The largest absolute Gasteiger partial charge is 0.437 e. The molecule has 0 aliphatic carbocycles. The van der Waals surface area contributed by atoms with E-state index in [1.807, 2.05) is 0 Å². The Bertz CT molecular complexity index is 347. The van der Waals surface area contributed by atoms with Gasteiger partial charge in [-0.05, 0) is 52.2 Å². The Hall–Kier alpha value is 0.531. The van der Waals surface area contributed by atoms with Crippen molar-refractivity contribution < 1.29 is 12.7 Å². The van der Waals surface area contributed by atoms with Crippen molar-refractivity contribution in [1.29, 1.82) is 0 Å². The zero-order valence-corrected chi connectivity index (χ0v) is 18.9. The summed E-state index contributed by atoms with van der Waals surface area (Å²) < 4.78 is 14.5. The number of rotatable bonds is 7. The Labute approximate surface area is 136 Å². The maximum atomic E-state index is 6.81. The average molecular weight is 349 g/mol. The second-order valence-corrected chi connectivity index (χ2v) is 21.4. The van der Waals surface area contributed by atoms with Crippen LogP contribution in [0.5, 0.6) is 0 Å². The van der Waals surface area contributed by atoms with Crippen molar-refractivity contribution in [3.05, 3.63) is 0 Å². The van der Waals surface area contributed by atoms with E-state index in [0.717, 1.165) is 0 Å². The van der Waals surface area contributed by atoms with Crippen molar-refractivity contribution in [2.45, 2.75) is 77.7 Å². The smallest absolute Gasteiger partial charge is 0.311 e. The molecule has 0 bridgehead atoms. The molecule has 0 aromatic carbocycles. The van der Waals surface area contributed by atoms with Gasteiger partial charge in [-0.1, -0.05) is 6.92 Å². The predicted molar refractivity (Wildman–Crippen MR) is 99.7 cm³/mol. The fraction of sp³-hybridized carbons (Fsp3) is 1.00. The number of likely N-dealkylation sites (tertiary alicyclic amines) is 1. The highest BCUT2D eigenvalue weighted by Crippen LogP contribution is 2.32. The maximum Gasteiger partial charge on any atom is 0.311 e. The van der Waals surface area contributed by atoms with E-state index in [1.165, 1.54) is 36.8 Å². The standard InChI is InChI=1S/C15H38NO2Si3/c1-10-15(16(2)13-11-12-14-16)20(6,7)18-21(8,9)17-19(3,4)5/h15H,10-14H2,1-9H3/q+1. The van der Waals surface area contributed by atoms with Gasteiger partial charge in [0.2, 0.25) is 8.32 Å². The van der Waals surface area contributed by atoms with Gasteiger partial charge >= 0.3 is 8.56 Å². The van der Waals surface area contributed by atoms with Crippen LogP contribution in [0.1, 0.15) is 26.2 Å². The Morgan fingerprint density at radius 2 is 1.38 bits per heavy atom. The van der Waals surface area contributed by atoms with Gasteiger partial charge in [-0.2, -0.15) is 0 Å². The highest BCUT2D eigenvalue weighted by atomic mass is 28.5. The van der Waals surface area contributed by atoms with Crippen LogP contribution >= 0.6 is 0 Å². The third kappa shape index (κ3) is 5.58. The van der Waals surface area contributed by atoms with Crippen molar-refractivity contribution in [1.82, 2.24) is 0 Å². The summed E-state index contributed by atoms with van der Waals surface area (Å²) in [6, 6.07) is 0. The van der Waals surface area contributed by atoms with E-state index in [-0.39, 0.29) is 0 Å². The molecule has 1 atom stereocenters. The van der Waals surface area contributed by atoms with E-state index < -0.39 is 25.2 Å². The fourth-order valence-corrected chi connectivity index (χ4v) is 19.3. The zero-order chi connectivity index (χ0) is 16.5. The molecule has 1 heterocycles. The van der Waals surface area contributed by atoms with E-state index in [2.05, 4.69) is 59.8 Å². The van der Waals surface area contributed by atoms with Crippen LogP contribution in [-0.4, -0.2) is 55.5 Å². The van der Waals surface area contributed by atoms with Gasteiger partial charge in [-0.3, -0.25) is 0 Å². The summed E-state index contributed by atoms with van der Waals surface area (Å²) in [5.41, 5.74) is 0.692. The first-order chi connectivity index (χ1) is 9.31. The molecule has 1 aliphatic rings. The van der Waals surface area contributed by atoms with Gasteiger partial charge in [0.15, 0.2) is 8.32 Å². The van der Waals surface area contributed by atoms with Crippen LogP contribution in [0.4, 0.5) is 0 Å². The predicted octanol–water partition coefficient (Wildman–Crippen LogP) is 4.32. The molecule has 0 aromatic heterocycles. The number of nitrogens with zero attached hydrogens (tertiary/aromatic N) is 1. The molecule has 1 aliphatic heterocycles. The van der Waals surface area contributed by atoms with Crippen molar-refractivity contribution >= 4 is 25.2 Å². The summed E-state index contributed by atoms with van der Waals surface area (Å²) in [6.07, 6.45) is 3.99. The number of hydrogen-bond acceptors (Lipinski definition) is 2. The van der Waals surface area contributed by atoms with Crippen LogP contribution in [0.15, 0.2) is 0 Å². The summed E-state index contributed by atoms with van der Waals surface area (Å²) in [7, 11) is -2.88. The third-order valence-corrected chi connectivity index (χ3v) is 15.7. The molecule has 1 unspecified atom stereocenters. The highest BCUT2D eigenvalue weighted by molar-refractivity contribution is 6.87. The molecule has 126 valence electrons. The third-order valence-electron chi connectivity index (χ3n) is 4.59. The molecule has 0 radical (unpaired) electrons. The lowest BCUT2D eigenvalue weighted by atomic mass is 10.3. The number of quaternary nitrogens is 1. The van der Waals surface area contributed by atoms with E-state index in [9.17, 15) is 0 Å². The normalized spacial score (nSPS) is 21.6. The van der Waals surface area contributed by atoms with Crippen LogP contribution < -0.4 is 0 Å². The van der Waals surface area contributed by atoms with Crippen LogP contribution in [-0.2, 0) is 8.23 Å². The van der Waals surface area contributed by atoms with Gasteiger partial charge in [-0.15, -0.1) is 0 Å². The highest BCUT2D eigenvalue weighted by Gasteiger charge is 2.50.